The molecular weight excluding hydrogens is 456 g/mol. The van der Waals surface area contributed by atoms with Gasteiger partial charge in [-0.25, -0.2) is 8.42 Å². The van der Waals surface area contributed by atoms with Crippen LogP contribution in [-0.2, 0) is 26.2 Å². The van der Waals surface area contributed by atoms with Gasteiger partial charge in [0.25, 0.3) is 0 Å². The molecule has 0 unspecified atom stereocenters. The number of nitrogen functional groups attached to an aromatic ring is 1. The molecule has 0 atom stereocenters. The predicted octanol–water partition coefficient (Wildman–Crippen LogP) is 2.52. The lowest BCUT2D eigenvalue weighted by atomic mass is 10.2. The van der Waals surface area contributed by atoms with Crippen LogP contribution < -0.4 is 11.1 Å². The molecule has 0 radical (unpaired) electrons. The molecule has 168 valence electrons. The molecule has 32 heavy (non-hydrogen) atoms. The van der Waals surface area contributed by atoms with Crippen molar-refractivity contribution in [1.29, 1.82) is 0 Å². The second kappa shape index (κ2) is 9.90. The van der Waals surface area contributed by atoms with Crippen molar-refractivity contribution in [3.8, 4) is 0 Å². The van der Waals surface area contributed by atoms with Crippen molar-refractivity contribution in [2.75, 3.05) is 24.6 Å². The highest BCUT2D eigenvalue weighted by Gasteiger charge is 2.23. The van der Waals surface area contributed by atoms with Gasteiger partial charge in [0, 0.05) is 17.8 Å². The van der Waals surface area contributed by atoms with E-state index in [2.05, 4.69) is 20.3 Å². The van der Waals surface area contributed by atoms with Crippen LogP contribution in [0, 0.1) is 6.92 Å². The van der Waals surface area contributed by atoms with Gasteiger partial charge in [-0.1, -0.05) is 29.3 Å². The van der Waals surface area contributed by atoms with Crippen molar-refractivity contribution in [3.05, 3.63) is 64.9 Å². The Kier molecular flexibility index (Phi) is 7.23. The Morgan fingerprint density at radius 3 is 2.41 bits per heavy atom. The van der Waals surface area contributed by atoms with Crippen molar-refractivity contribution in [3.63, 3.8) is 0 Å². The lowest BCUT2D eigenvalue weighted by molar-refractivity contribution is -0.145. The second-order valence-corrected chi connectivity index (χ2v) is 9.28. The molecule has 0 saturated carbocycles. The van der Waals surface area contributed by atoms with Crippen LogP contribution in [0.3, 0.4) is 0 Å². The van der Waals surface area contributed by atoms with E-state index in [1.165, 1.54) is 31.3 Å². The number of halogens is 1. The van der Waals surface area contributed by atoms with Crippen molar-refractivity contribution in [2.24, 2.45) is 0 Å². The Labute approximate surface area is 190 Å². The number of aromatic nitrogens is 3. The fraction of sp³-hybridized carbons (Fsp3) is 0.200. The average molecular weight is 477 g/mol. The summed E-state index contributed by atoms with van der Waals surface area (Å²) in [5.41, 5.74) is 7.56. The maximum absolute atomic E-state index is 12.6. The van der Waals surface area contributed by atoms with Gasteiger partial charge in [-0.05, 0) is 43.3 Å². The number of ether oxygens (including phenoxy) is 1. The summed E-state index contributed by atoms with van der Waals surface area (Å²) in [7, 11) is -2.61. The first-order valence-electron chi connectivity index (χ1n) is 9.35. The molecular formula is C20H21ClN6O4S. The summed E-state index contributed by atoms with van der Waals surface area (Å²) in [4.78, 5) is 24.3. The van der Waals surface area contributed by atoms with Crippen molar-refractivity contribution < 1.29 is 17.9 Å². The lowest BCUT2D eigenvalue weighted by Gasteiger charge is -2.16. The maximum atomic E-state index is 12.6. The van der Waals surface area contributed by atoms with Crippen LogP contribution in [0.4, 0.5) is 17.6 Å². The summed E-state index contributed by atoms with van der Waals surface area (Å²) in [5, 5.41) is 3.40. The number of hydrogen-bond donors (Lipinski definition) is 2. The predicted molar refractivity (Wildman–Crippen MR) is 120 cm³/mol. The van der Waals surface area contributed by atoms with Gasteiger partial charge in [0.15, 0.2) is 12.4 Å². The quantitative estimate of drug-likeness (QED) is 0.469. The van der Waals surface area contributed by atoms with E-state index in [0.29, 0.717) is 5.02 Å². The highest BCUT2D eigenvalue weighted by molar-refractivity contribution is 7.89. The number of nitrogens with zero attached hydrogens (tertiary/aromatic N) is 4. The van der Waals surface area contributed by atoms with Crippen molar-refractivity contribution >= 4 is 45.2 Å². The number of sulfonamides is 1. The van der Waals surface area contributed by atoms with E-state index in [1.807, 2.05) is 31.2 Å². The Hall–Kier alpha value is -3.28. The number of nitrogens with one attached hydrogen (secondary N) is 1. The van der Waals surface area contributed by atoms with E-state index < -0.39 is 22.5 Å². The summed E-state index contributed by atoms with van der Waals surface area (Å²) in [6, 6.07) is 13.2. The van der Waals surface area contributed by atoms with Crippen LogP contribution in [-0.4, -0.2) is 47.2 Å². The lowest BCUT2D eigenvalue weighted by Crippen LogP contribution is -2.33. The number of aryl methyl sites for hydroxylation is 1. The van der Waals surface area contributed by atoms with Crippen LogP contribution in [0.25, 0.3) is 0 Å². The third-order valence-corrected chi connectivity index (χ3v) is 6.31. The molecule has 3 aromatic rings. The van der Waals surface area contributed by atoms with Crippen LogP contribution in [0.5, 0.6) is 0 Å². The van der Waals surface area contributed by atoms with E-state index in [1.54, 1.807) is 0 Å². The van der Waals surface area contributed by atoms with Gasteiger partial charge in [0.05, 0.1) is 4.90 Å². The summed E-state index contributed by atoms with van der Waals surface area (Å²) >= 11 is 5.79. The summed E-state index contributed by atoms with van der Waals surface area (Å²) < 4.78 is 31.1. The van der Waals surface area contributed by atoms with Gasteiger partial charge in [0.1, 0.15) is 6.54 Å². The first kappa shape index (κ1) is 23.4. The molecule has 10 nitrogen and oxygen atoms in total. The summed E-state index contributed by atoms with van der Waals surface area (Å²) in [5.74, 6) is -0.529. The van der Waals surface area contributed by atoms with E-state index in [-0.39, 0.29) is 29.2 Å². The molecule has 0 amide bonds. The highest BCUT2D eigenvalue weighted by Crippen LogP contribution is 2.18. The maximum Gasteiger partial charge on any atom is 0.321 e. The Morgan fingerprint density at radius 2 is 1.75 bits per heavy atom. The SMILES string of the molecule is Cc1ccc(Nc2nc(N)nc(COC(=O)CN(C)S(=O)(=O)c3ccc(Cl)cc3)n2)cc1. The van der Waals surface area contributed by atoms with E-state index in [4.69, 9.17) is 22.1 Å². The first-order chi connectivity index (χ1) is 15.1. The molecule has 1 heterocycles. The molecule has 1 aromatic heterocycles. The molecule has 0 aliphatic heterocycles. The highest BCUT2D eigenvalue weighted by atomic mass is 35.5. The summed E-state index contributed by atoms with van der Waals surface area (Å²) in [6.07, 6.45) is 0. The van der Waals surface area contributed by atoms with Crippen molar-refractivity contribution in [2.45, 2.75) is 18.4 Å². The normalized spacial score (nSPS) is 11.4. The van der Waals surface area contributed by atoms with Gasteiger partial charge in [-0.2, -0.15) is 19.3 Å². The average Bonchev–Trinajstić information content (AvgIpc) is 2.74. The molecule has 12 heteroatoms. The standard InChI is InChI=1S/C20H21ClN6O4S/c1-13-3-7-15(8-4-13)23-20-25-17(24-19(22)26-20)12-31-18(28)11-27(2)32(29,30)16-9-5-14(21)6-10-16/h3-10H,11-12H2,1-2H3,(H3,22,23,24,25,26). The number of benzene rings is 2. The third kappa shape index (κ3) is 6.13. The molecule has 0 fully saturated rings. The third-order valence-electron chi connectivity index (χ3n) is 4.24. The van der Waals surface area contributed by atoms with Gasteiger partial charge < -0.3 is 15.8 Å². The van der Waals surface area contributed by atoms with Crippen LogP contribution >= 0.6 is 11.6 Å². The molecule has 0 aliphatic rings. The topological polar surface area (TPSA) is 140 Å². The van der Waals surface area contributed by atoms with E-state index >= 15 is 0 Å². The number of rotatable bonds is 8. The minimum Gasteiger partial charge on any atom is -0.456 e. The molecule has 0 spiro atoms. The van der Waals surface area contributed by atoms with Crippen LogP contribution in [0.2, 0.25) is 5.02 Å². The zero-order chi connectivity index (χ0) is 23.3. The Balaban J connectivity index is 1.61. The number of anilines is 3. The van der Waals surface area contributed by atoms with Gasteiger partial charge in [-0.15, -0.1) is 0 Å². The molecule has 0 aliphatic carbocycles. The molecule has 0 bridgehead atoms. The summed E-state index contributed by atoms with van der Waals surface area (Å²) in [6.45, 7) is 1.16. The molecule has 3 rings (SSSR count). The largest absolute Gasteiger partial charge is 0.456 e. The monoisotopic (exact) mass is 476 g/mol. The number of carbonyl (C=O) groups is 1. The minimum absolute atomic E-state index is 0.00858. The number of nitrogens with two attached hydrogens (primary N) is 1. The van der Waals surface area contributed by atoms with E-state index in [0.717, 1.165) is 15.6 Å². The fourth-order valence-corrected chi connectivity index (χ4v) is 3.81. The van der Waals surface area contributed by atoms with Gasteiger partial charge in [0.2, 0.25) is 21.9 Å². The minimum atomic E-state index is -3.88. The second-order valence-electron chi connectivity index (χ2n) is 6.80. The van der Waals surface area contributed by atoms with Crippen molar-refractivity contribution in [1.82, 2.24) is 19.3 Å². The first-order valence-corrected chi connectivity index (χ1v) is 11.2. The number of esters is 1. The number of hydrogen-bond acceptors (Lipinski definition) is 9. The zero-order valence-corrected chi connectivity index (χ0v) is 18.9. The van der Waals surface area contributed by atoms with Crippen LogP contribution in [0.15, 0.2) is 53.4 Å². The number of likely N-dealkylation sites (N-methyl/N-ethyl adjacent to an activating group) is 1. The van der Waals surface area contributed by atoms with Gasteiger partial charge >= 0.3 is 5.97 Å². The molecule has 3 N–H and O–H groups in total. The Morgan fingerprint density at radius 1 is 1.09 bits per heavy atom. The zero-order valence-electron chi connectivity index (χ0n) is 17.3. The van der Waals surface area contributed by atoms with Gasteiger partial charge in [-0.3, -0.25) is 4.79 Å². The van der Waals surface area contributed by atoms with E-state index in [9.17, 15) is 13.2 Å². The molecule has 2 aromatic carbocycles. The molecule has 0 saturated heterocycles. The van der Waals surface area contributed by atoms with Crippen LogP contribution in [0.1, 0.15) is 11.4 Å². The Bertz CT molecular complexity index is 1200. The fourth-order valence-electron chi connectivity index (χ4n) is 2.57. The number of carbonyl (C=O) groups excluding carboxylic acids is 1. The smallest absolute Gasteiger partial charge is 0.321 e.